The lowest BCUT2D eigenvalue weighted by atomic mass is 10.0. The maximum absolute atomic E-state index is 13.2. The van der Waals surface area contributed by atoms with Gasteiger partial charge in [-0.25, -0.2) is 0 Å². The molecule has 2 fully saturated rings. The van der Waals surface area contributed by atoms with Crippen molar-refractivity contribution in [1.29, 1.82) is 0 Å². The Morgan fingerprint density at radius 1 is 1.06 bits per heavy atom. The predicted molar refractivity (Wildman–Crippen MR) is 125 cm³/mol. The van der Waals surface area contributed by atoms with Crippen LogP contribution < -0.4 is 4.74 Å². The van der Waals surface area contributed by atoms with Gasteiger partial charge in [-0.15, -0.1) is 0 Å². The summed E-state index contributed by atoms with van der Waals surface area (Å²) in [6, 6.07) is 15.8. The molecule has 0 aliphatic carbocycles. The van der Waals surface area contributed by atoms with Crippen LogP contribution in [-0.2, 0) is 4.79 Å². The van der Waals surface area contributed by atoms with E-state index in [1.165, 1.54) is 0 Å². The molecular weight excluding hydrogens is 418 g/mol. The van der Waals surface area contributed by atoms with Crippen molar-refractivity contribution in [3.05, 3.63) is 59.8 Å². The van der Waals surface area contributed by atoms with Crippen molar-refractivity contribution < 1.29 is 14.3 Å². The van der Waals surface area contributed by atoms with Gasteiger partial charge in [0.05, 0.1) is 25.2 Å². The summed E-state index contributed by atoms with van der Waals surface area (Å²) >= 11 is 0. The van der Waals surface area contributed by atoms with Crippen molar-refractivity contribution in [1.82, 2.24) is 24.9 Å². The molecule has 0 bridgehead atoms. The van der Waals surface area contributed by atoms with Crippen LogP contribution in [0.4, 0.5) is 0 Å². The Bertz CT molecular complexity index is 1150. The van der Waals surface area contributed by atoms with Crippen molar-refractivity contribution in [2.24, 2.45) is 0 Å². The van der Waals surface area contributed by atoms with E-state index >= 15 is 0 Å². The number of H-pyrrole nitrogens is 1. The summed E-state index contributed by atoms with van der Waals surface area (Å²) < 4.78 is 5.36. The second-order valence-corrected chi connectivity index (χ2v) is 8.71. The third-order valence-electron chi connectivity index (χ3n) is 6.74. The SMILES string of the molecule is COc1cccc(C2CCCN2C(=O)CN2CCN(C(=O)c3n[nH]c4ccccc34)CC2)c1. The number of methoxy groups -OCH3 is 1. The quantitative estimate of drug-likeness (QED) is 0.650. The zero-order valence-corrected chi connectivity index (χ0v) is 18.9. The van der Waals surface area contributed by atoms with E-state index in [1.54, 1.807) is 7.11 Å². The topological polar surface area (TPSA) is 81.8 Å². The molecule has 0 radical (unpaired) electrons. The van der Waals surface area contributed by atoms with E-state index in [4.69, 9.17) is 4.74 Å². The van der Waals surface area contributed by atoms with Crippen LogP contribution in [0.3, 0.4) is 0 Å². The number of piperazine rings is 1. The Hall–Kier alpha value is -3.39. The van der Waals surface area contributed by atoms with Crippen molar-refractivity contribution in [3.8, 4) is 5.75 Å². The Labute approximate surface area is 193 Å². The molecule has 2 aliphatic heterocycles. The second-order valence-electron chi connectivity index (χ2n) is 8.71. The lowest BCUT2D eigenvalue weighted by Gasteiger charge is -2.35. The molecule has 33 heavy (non-hydrogen) atoms. The molecule has 1 atom stereocenters. The van der Waals surface area contributed by atoms with Gasteiger partial charge in [0.2, 0.25) is 5.91 Å². The van der Waals surface area contributed by atoms with Crippen LogP contribution in [-0.4, -0.2) is 83.1 Å². The van der Waals surface area contributed by atoms with Crippen LogP contribution in [0.2, 0.25) is 0 Å². The molecule has 3 aromatic rings. The van der Waals surface area contributed by atoms with Gasteiger partial charge in [0, 0.05) is 38.1 Å². The number of hydrogen-bond acceptors (Lipinski definition) is 5. The first-order chi connectivity index (χ1) is 16.1. The average Bonchev–Trinajstić information content (AvgIpc) is 3.52. The molecule has 2 aromatic carbocycles. The van der Waals surface area contributed by atoms with E-state index in [0.717, 1.165) is 41.6 Å². The average molecular weight is 448 g/mol. The third-order valence-corrected chi connectivity index (χ3v) is 6.74. The molecule has 1 unspecified atom stereocenters. The summed E-state index contributed by atoms with van der Waals surface area (Å²) in [5.41, 5.74) is 2.46. The highest BCUT2D eigenvalue weighted by Crippen LogP contribution is 2.33. The van der Waals surface area contributed by atoms with Crippen molar-refractivity contribution >= 4 is 22.7 Å². The van der Waals surface area contributed by atoms with Crippen molar-refractivity contribution in [2.45, 2.75) is 18.9 Å². The minimum absolute atomic E-state index is 0.0592. The monoisotopic (exact) mass is 447 g/mol. The number of nitrogens with zero attached hydrogens (tertiary/aromatic N) is 4. The molecule has 172 valence electrons. The van der Waals surface area contributed by atoms with Gasteiger partial charge in [-0.2, -0.15) is 5.10 Å². The molecule has 2 saturated heterocycles. The Kier molecular flexibility index (Phi) is 6.00. The standard InChI is InChI=1S/C25H29N5O3/c1-33-19-7-4-6-18(16-19)22-10-5-11-30(22)23(31)17-28-12-14-29(15-13-28)25(32)24-20-8-2-3-9-21(20)26-27-24/h2-4,6-9,16,22H,5,10-15,17H2,1H3,(H,26,27). The number of aromatic amines is 1. The number of ether oxygens (including phenoxy) is 1. The van der Waals surface area contributed by atoms with E-state index in [0.29, 0.717) is 38.4 Å². The number of fused-ring (bicyclic) bond motifs is 1. The first-order valence-electron chi connectivity index (χ1n) is 11.5. The highest BCUT2D eigenvalue weighted by Gasteiger charge is 2.32. The number of aromatic nitrogens is 2. The first-order valence-corrected chi connectivity index (χ1v) is 11.5. The van der Waals surface area contributed by atoms with E-state index in [-0.39, 0.29) is 17.9 Å². The normalized spacial score (nSPS) is 19.2. The minimum atomic E-state index is -0.0592. The van der Waals surface area contributed by atoms with Crippen LogP contribution in [0.15, 0.2) is 48.5 Å². The van der Waals surface area contributed by atoms with E-state index in [9.17, 15) is 9.59 Å². The van der Waals surface area contributed by atoms with E-state index < -0.39 is 0 Å². The zero-order chi connectivity index (χ0) is 22.8. The number of para-hydroxylation sites is 1. The number of carbonyl (C=O) groups excluding carboxylic acids is 2. The summed E-state index contributed by atoms with van der Waals surface area (Å²) in [6.07, 6.45) is 1.98. The van der Waals surface area contributed by atoms with E-state index in [1.807, 2.05) is 52.3 Å². The fourth-order valence-corrected chi connectivity index (χ4v) is 4.93. The zero-order valence-electron chi connectivity index (χ0n) is 18.9. The molecule has 2 aliphatic rings. The second kappa shape index (κ2) is 9.23. The van der Waals surface area contributed by atoms with Crippen molar-refractivity contribution in [3.63, 3.8) is 0 Å². The Morgan fingerprint density at radius 2 is 1.88 bits per heavy atom. The fraction of sp³-hybridized carbons (Fsp3) is 0.400. The highest BCUT2D eigenvalue weighted by atomic mass is 16.5. The summed E-state index contributed by atoms with van der Waals surface area (Å²) in [4.78, 5) is 32.1. The minimum Gasteiger partial charge on any atom is -0.497 e. The smallest absolute Gasteiger partial charge is 0.275 e. The maximum Gasteiger partial charge on any atom is 0.275 e. The van der Waals surface area contributed by atoms with Gasteiger partial charge in [0.25, 0.3) is 5.91 Å². The number of benzene rings is 2. The molecule has 8 nitrogen and oxygen atoms in total. The van der Waals surface area contributed by atoms with E-state index in [2.05, 4.69) is 21.2 Å². The lowest BCUT2D eigenvalue weighted by molar-refractivity contribution is -0.133. The first kappa shape index (κ1) is 21.5. The van der Waals surface area contributed by atoms with Crippen LogP contribution in [0, 0.1) is 0 Å². The third kappa shape index (κ3) is 4.30. The molecule has 0 saturated carbocycles. The molecule has 1 aromatic heterocycles. The molecule has 5 rings (SSSR count). The highest BCUT2D eigenvalue weighted by molar-refractivity contribution is 6.04. The van der Waals surface area contributed by atoms with Crippen molar-refractivity contribution in [2.75, 3.05) is 46.4 Å². The molecule has 2 amide bonds. The molecule has 3 heterocycles. The number of likely N-dealkylation sites (tertiary alicyclic amines) is 1. The summed E-state index contributed by atoms with van der Waals surface area (Å²) in [6.45, 7) is 3.70. The Balaban J connectivity index is 1.18. The largest absolute Gasteiger partial charge is 0.497 e. The summed E-state index contributed by atoms with van der Waals surface area (Å²) in [5.74, 6) is 0.909. The van der Waals surface area contributed by atoms with Gasteiger partial charge in [-0.05, 0) is 36.6 Å². The molecule has 1 N–H and O–H groups in total. The molecule has 0 spiro atoms. The number of nitrogens with one attached hydrogen (secondary N) is 1. The van der Waals surface area contributed by atoms with Crippen LogP contribution >= 0.6 is 0 Å². The Morgan fingerprint density at radius 3 is 2.70 bits per heavy atom. The maximum atomic E-state index is 13.2. The molecular formula is C25H29N5O3. The van der Waals surface area contributed by atoms with Gasteiger partial charge >= 0.3 is 0 Å². The van der Waals surface area contributed by atoms with Gasteiger partial charge in [0.15, 0.2) is 5.69 Å². The number of hydrogen-bond donors (Lipinski definition) is 1. The predicted octanol–water partition coefficient (Wildman–Crippen LogP) is 2.69. The van der Waals surface area contributed by atoms with Crippen LogP contribution in [0.25, 0.3) is 10.9 Å². The lowest BCUT2D eigenvalue weighted by Crippen LogP contribution is -2.51. The molecule has 8 heteroatoms. The van der Waals surface area contributed by atoms with Crippen LogP contribution in [0.5, 0.6) is 5.75 Å². The van der Waals surface area contributed by atoms with Crippen LogP contribution in [0.1, 0.15) is 34.9 Å². The number of amides is 2. The summed E-state index contributed by atoms with van der Waals surface area (Å²) in [7, 11) is 1.66. The number of rotatable bonds is 5. The number of carbonyl (C=O) groups is 2. The fourth-order valence-electron chi connectivity index (χ4n) is 4.93. The van der Waals surface area contributed by atoms with Gasteiger partial charge < -0.3 is 14.5 Å². The van der Waals surface area contributed by atoms with Gasteiger partial charge in [0.1, 0.15) is 5.75 Å². The summed E-state index contributed by atoms with van der Waals surface area (Å²) in [5, 5.41) is 8.02. The van der Waals surface area contributed by atoms with Gasteiger partial charge in [-0.3, -0.25) is 19.6 Å². The van der Waals surface area contributed by atoms with Gasteiger partial charge in [-0.1, -0.05) is 30.3 Å².